The molecule has 0 spiro atoms. The highest BCUT2D eigenvalue weighted by molar-refractivity contribution is 5.97. The van der Waals surface area contributed by atoms with E-state index in [0.29, 0.717) is 25.8 Å². The summed E-state index contributed by atoms with van der Waals surface area (Å²) >= 11 is 0. The molecule has 12 atom stereocenters. The summed E-state index contributed by atoms with van der Waals surface area (Å²) in [7, 11) is 5.54. The summed E-state index contributed by atoms with van der Waals surface area (Å²) in [4.78, 5) is 44.5. The van der Waals surface area contributed by atoms with Gasteiger partial charge in [0.05, 0.1) is 23.9 Å². The minimum atomic E-state index is -1.14. The highest BCUT2D eigenvalue weighted by Crippen LogP contribution is 2.38. The molecule has 2 aliphatic carbocycles. The first-order valence-corrected chi connectivity index (χ1v) is 19.4. The van der Waals surface area contributed by atoms with E-state index in [4.69, 9.17) is 23.7 Å². The van der Waals surface area contributed by atoms with Gasteiger partial charge in [-0.15, -0.1) is 0 Å². The van der Waals surface area contributed by atoms with Gasteiger partial charge in [-0.2, -0.15) is 0 Å². The number of ether oxygens (including phenoxy) is 5. The van der Waals surface area contributed by atoms with Gasteiger partial charge in [-0.05, 0) is 104 Å². The monoisotopic (exact) mass is 722 g/mol. The zero-order chi connectivity index (χ0) is 37.2. The molecule has 1 amide bonds. The van der Waals surface area contributed by atoms with Crippen molar-refractivity contribution in [1.29, 1.82) is 0 Å². The molecular formula is C38H66N4O9. The molecule has 5 rings (SSSR count). The van der Waals surface area contributed by atoms with Gasteiger partial charge in [-0.25, -0.2) is 4.79 Å². The second-order valence-electron chi connectivity index (χ2n) is 17.1. The molecule has 0 aromatic carbocycles. The number of carbonyl (C=O) groups is 3. The largest absolute Gasteiger partial charge is 0.458 e. The average Bonchev–Trinajstić information content (AvgIpc) is 4.01. The van der Waals surface area contributed by atoms with Crippen molar-refractivity contribution in [3.63, 3.8) is 0 Å². The molecule has 3 heterocycles. The number of Topliss-reactive ketones (excluding diaryl/α,β-unsaturated/α-hetero) is 1. The topological polar surface area (TPSA) is 148 Å². The van der Waals surface area contributed by atoms with Crippen molar-refractivity contribution >= 4 is 17.8 Å². The van der Waals surface area contributed by atoms with Gasteiger partial charge in [-0.1, -0.05) is 20.8 Å². The lowest BCUT2D eigenvalue weighted by Crippen LogP contribution is -2.60. The molecule has 0 aromatic heterocycles. The molecule has 3 saturated heterocycles. The Hall–Kier alpha value is -1.87. The number of nitrogens with zero attached hydrogens (tertiary/aromatic N) is 2. The lowest BCUT2D eigenvalue weighted by atomic mass is 9.80. The molecule has 51 heavy (non-hydrogen) atoms. The number of carbonyl (C=O) groups excluding carboxylic acids is 3. The maximum Gasteiger partial charge on any atom is 0.408 e. The van der Waals surface area contributed by atoms with E-state index in [1.54, 1.807) is 21.0 Å². The number of cyclic esters (lactones) is 1. The van der Waals surface area contributed by atoms with Crippen molar-refractivity contribution < 1.29 is 43.2 Å². The minimum Gasteiger partial charge on any atom is -0.458 e. The van der Waals surface area contributed by atoms with E-state index in [1.165, 1.54) is 25.7 Å². The Labute approximate surface area is 305 Å². The van der Waals surface area contributed by atoms with Crippen molar-refractivity contribution in [2.75, 3.05) is 47.4 Å². The fourth-order valence-electron chi connectivity index (χ4n) is 8.75. The number of likely N-dealkylation sites (N-methyl/N-ethyl adjacent to an activating group) is 1. The standard InChI is InChI=1S/C38H66N4O9/c1-10-30-38(6)33(40-36(46)51-38)24(4)39-18-22(2)17-37(5,47-9)34(23(3)29(43)16-31(44)49-30)50-35-32(45)28(41(7)8)15-27(48-35)21-42(19-25-11-12-25)20-26-13-14-26/h22-28,30,32-35,39,45H,10-21H2,1-9H3,(H,40,46)/t22-,23+,24-,27+,28?,30-,32-,33-,34-,35+,37-,38-/m1/s1. The highest BCUT2D eigenvalue weighted by atomic mass is 16.7. The van der Waals surface area contributed by atoms with Crippen LogP contribution in [0, 0.1) is 23.7 Å². The van der Waals surface area contributed by atoms with E-state index in [2.05, 4.69) is 22.5 Å². The molecule has 13 nitrogen and oxygen atoms in total. The smallest absolute Gasteiger partial charge is 0.408 e. The minimum absolute atomic E-state index is 0.0398. The Morgan fingerprint density at radius 3 is 2.22 bits per heavy atom. The van der Waals surface area contributed by atoms with Gasteiger partial charge in [0.1, 0.15) is 24.4 Å². The molecular weight excluding hydrogens is 656 g/mol. The van der Waals surface area contributed by atoms with Crippen LogP contribution in [-0.4, -0.2) is 140 Å². The van der Waals surface area contributed by atoms with Crippen molar-refractivity contribution in [3.8, 4) is 0 Å². The fourth-order valence-corrected chi connectivity index (χ4v) is 8.75. The number of esters is 1. The van der Waals surface area contributed by atoms with Crippen LogP contribution in [0.15, 0.2) is 0 Å². The molecule has 0 aromatic rings. The van der Waals surface area contributed by atoms with Gasteiger partial charge in [-0.3, -0.25) is 9.59 Å². The van der Waals surface area contributed by atoms with E-state index in [9.17, 15) is 19.5 Å². The molecule has 5 aliphatic rings. The Balaban J connectivity index is 1.40. The third kappa shape index (κ3) is 9.82. The van der Waals surface area contributed by atoms with Gasteiger partial charge in [0.2, 0.25) is 0 Å². The van der Waals surface area contributed by atoms with E-state index >= 15 is 0 Å². The first kappa shape index (κ1) is 40.3. The van der Waals surface area contributed by atoms with Crippen LogP contribution < -0.4 is 10.6 Å². The summed E-state index contributed by atoms with van der Waals surface area (Å²) in [6.45, 7) is 14.9. The number of alkyl carbamates (subject to hydrolysis) is 1. The van der Waals surface area contributed by atoms with Crippen LogP contribution in [0.3, 0.4) is 0 Å². The maximum atomic E-state index is 14.0. The van der Waals surface area contributed by atoms with Crippen LogP contribution in [0.1, 0.15) is 92.9 Å². The van der Waals surface area contributed by atoms with Crippen LogP contribution in [-0.2, 0) is 33.3 Å². The summed E-state index contributed by atoms with van der Waals surface area (Å²) in [5.41, 5.74) is -2.14. The summed E-state index contributed by atoms with van der Waals surface area (Å²) in [5, 5.41) is 18.2. The predicted molar refractivity (Wildman–Crippen MR) is 191 cm³/mol. The first-order chi connectivity index (χ1) is 24.1. The van der Waals surface area contributed by atoms with Gasteiger partial charge in [0.25, 0.3) is 0 Å². The number of hydrogen-bond donors (Lipinski definition) is 3. The Bertz CT molecular complexity index is 1200. The van der Waals surface area contributed by atoms with Crippen molar-refractivity contribution in [3.05, 3.63) is 0 Å². The van der Waals surface area contributed by atoms with E-state index < -0.39 is 66.2 Å². The number of methoxy groups -OCH3 is 1. The van der Waals surface area contributed by atoms with Crippen LogP contribution in [0.4, 0.5) is 4.79 Å². The van der Waals surface area contributed by atoms with E-state index in [0.717, 1.165) is 31.5 Å². The highest BCUT2D eigenvalue weighted by Gasteiger charge is 2.55. The first-order valence-electron chi connectivity index (χ1n) is 19.4. The molecule has 0 radical (unpaired) electrons. The molecule has 0 bridgehead atoms. The lowest BCUT2D eigenvalue weighted by molar-refractivity contribution is -0.298. The normalized spacial score (nSPS) is 41.8. The second kappa shape index (κ2) is 16.7. The van der Waals surface area contributed by atoms with Crippen LogP contribution in [0.2, 0.25) is 0 Å². The number of aliphatic hydroxyl groups is 1. The quantitative estimate of drug-likeness (QED) is 0.213. The zero-order valence-corrected chi connectivity index (χ0v) is 32.5. The molecule has 3 N–H and O–H groups in total. The van der Waals surface area contributed by atoms with Crippen LogP contribution in [0.25, 0.3) is 0 Å². The molecule has 13 heteroatoms. The van der Waals surface area contributed by atoms with Crippen molar-refractivity contribution in [2.45, 2.75) is 153 Å². The SMILES string of the molecule is CC[C@H]1OC(=O)CC(=O)[C@H](C)[C@@H](O[C@@H]2O[C@H](CN(CC3CC3)CC3CC3)CC(N(C)C)[C@H]2O)[C@](C)(OC)C[C@@H](C)CN[C@H](C)[C@H]2NC(=O)O[C@@]21C. The van der Waals surface area contributed by atoms with Crippen molar-refractivity contribution in [2.24, 2.45) is 23.7 Å². The average molecular weight is 723 g/mol. The van der Waals surface area contributed by atoms with Crippen molar-refractivity contribution in [1.82, 2.24) is 20.4 Å². The summed E-state index contributed by atoms with van der Waals surface area (Å²) in [6, 6.07) is -0.923. The molecule has 2 saturated carbocycles. The molecule has 292 valence electrons. The molecule has 1 unspecified atom stereocenters. The number of aliphatic hydroxyl groups excluding tert-OH is 1. The van der Waals surface area contributed by atoms with E-state index in [1.807, 2.05) is 39.8 Å². The number of fused-ring (bicyclic) bond motifs is 1. The van der Waals surface area contributed by atoms with Gasteiger partial charge in [0.15, 0.2) is 11.9 Å². The second-order valence-corrected chi connectivity index (χ2v) is 17.1. The summed E-state index contributed by atoms with van der Waals surface area (Å²) in [5.74, 6) is -0.326. The number of ketones is 1. The number of rotatable bonds is 11. The third-order valence-electron chi connectivity index (χ3n) is 12.2. The Kier molecular flexibility index (Phi) is 13.2. The fraction of sp³-hybridized carbons (Fsp3) is 0.921. The summed E-state index contributed by atoms with van der Waals surface area (Å²) < 4.78 is 31.4. The van der Waals surface area contributed by atoms with Gasteiger partial charge in [0, 0.05) is 44.7 Å². The Morgan fingerprint density at radius 2 is 1.65 bits per heavy atom. The number of hydrogen-bond acceptors (Lipinski definition) is 12. The van der Waals surface area contributed by atoms with Crippen LogP contribution in [0.5, 0.6) is 0 Å². The maximum absolute atomic E-state index is 14.0. The van der Waals surface area contributed by atoms with Gasteiger partial charge >= 0.3 is 12.1 Å². The Morgan fingerprint density at radius 1 is 1.00 bits per heavy atom. The lowest BCUT2D eigenvalue weighted by Gasteiger charge is -2.47. The van der Waals surface area contributed by atoms with Crippen LogP contribution >= 0.6 is 0 Å². The molecule has 5 fully saturated rings. The van der Waals surface area contributed by atoms with E-state index in [-0.39, 0.29) is 29.9 Å². The number of amides is 1. The van der Waals surface area contributed by atoms with Gasteiger partial charge < -0.3 is 49.2 Å². The third-order valence-corrected chi connectivity index (χ3v) is 12.2. The zero-order valence-electron chi connectivity index (χ0n) is 32.5. The summed E-state index contributed by atoms with van der Waals surface area (Å²) in [6.07, 6.45) is 1.84. The molecule has 3 aliphatic heterocycles. The number of nitrogens with one attached hydrogen (secondary N) is 2. The predicted octanol–water partition coefficient (Wildman–Crippen LogP) is 3.11.